The molecule has 0 atom stereocenters. The predicted molar refractivity (Wildman–Crippen MR) is 393 cm³/mol. The van der Waals surface area contributed by atoms with E-state index in [4.69, 9.17) is 39.2 Å². The molecule has 17 nitrogen and oxygen atoms in total. The van der Waals surface area contributed by atoms with Gasteiger partial charge in [-0.15, -0.1) is 0 Å². The maximum atomic E-state index is 6.19. The number of fused-ring (bicyclic) bond motifs is 3. The minimum absolute atomic E-state index is 0. The third-order valence-corrected chi connectivity index (χ3v) is 17.5. The summed E-state index contributed by atoms with van der Waals surface area (Å²) in [4.78, 5) is 55.2. The molecule has 16 aromatic rings. The molecule has 0 aliphatic carbocycles. The quantitative estimate of drug-likeness (QED) is 0.111. The minimum Gasteiger partial charge on any atom is -0.399 e. The van der Waals surface area contributed by atoms with Crippen molar-refractivity contribution in [3.05, 3.63) is 291 Å². The lowest BCUT2D eigenvalue weighted by Crippen LogP contribution is -2.41. The molecule has 1 aliphatic rings. The number of aryl methyl sites for hydroxylation is 2. The summed E-state index contributed by atoms with van der Waals surface area (Å²) in [5.41, 5.74) is 15.9. The van der Waals surface area contributed by atoms with E-state index in [0.717, 1.165) is 130 Å². The van der Waals surface area contributed by atoms with E-state index < -0.39 is 0 Å². The number of hydrogen-bond acceptors (Lipinski definition) is 14. The van der Waals surface area contributed by atoms with Gasteiger partial charge < -0.3 is 9.31 Å². The van der Waals surface area contributed by atoms with E-state index in [1.54, 1.807) is 37.2 Å². The van der Waals surface area contributed by atoms with Gasteiger partial charge >= 0.3 is 7.12 Å². The summed E-state index contributed by atoms with van der Waals surface area (Å²) < 4.78 is 18.9. The van der Waals surface area contributed by atoms with E-state index >= 15 is 0 Å². The Bertz CT molecular complexity index is 5250. The van der Waals surface area contributed by atoms with E-state index in [1.165, 1.54) is 0 Å². The number of nitrogens with zero attached hydrogens (tertiary/aromatic N) is 15. The topological polar surface area (TPSA) is 188 Å². The molecule has 0 saturated carbocycles. The molecule has 0 amide bonds. The first-order valence-electron chi connectivity index (χ1n) is 32.3. The Morgan fingerprint density at radius 1 is 0.283 bits per heavy atom. The number of para-hydroxylation sites is 6. The Labute approximate surface area is 573 Å². The van der Waals surface area contributed by atoms with Gasteiger partial charge in [0.15, 0.2) is 23.3 Å². The van der Waals surface area contributed by atoms with E-state index in [-0.39, 0.29) is 25.7 Å². The molecule has 0 spiro atoms. The van der Waals surface area contributed by atoms with Crippen LogP contribution >= 0.6 is 0 Å². The summed E-state index contributed by atoms with van der Waals surface area (Å²) in [5, 5.41) is 0. The number of pyridine rings is 3. The van der Waals surface area contributed by atoms with Crippen LogP contribution in [-0.2, 0) is 9.31 Å². The summed E-state index contributed by atoms with van der Waals surface area (Å²) in [6.07, 6.45) is 10.8. The van der Waals surface area contributed by atoms with Crippen molar-refractivity contribution < 1.29 is 9.31 Å². The second kappa shape index (κ2) is 27.4. The summed E-state index contributed by atoms with van der Waals surface area (Å²) >= 11 is 0. The Kier molecular flexibility index (Phi) is 17.7. The van der Waals surface area contributed by atoms with Gasteiger partial charge in [0.25, 0.3) is 0 Å². The van der Waals surface area contributed by atoms with Gasteiger partial charge in [-0.05, 0) is 120 Å². The Balaban J connectivity index is 0.000000155. The van der Waals surface area contributed by atoms with Crippen molar-refractivity contribution in [1.29, 1.82) is 0 Å². The number of benzene rings is 8. The summed E-state index contributed by atoms with van der Waals surface area (Å²) in [6, 6.07) is 81.2. The van der Waals surface area contributed by atoms with Gasteiger partial charge in [-0.25, -0.2) is 44.9 Å². The van der Waals surface area contributed by atoms with Gasteiger partial charge in [0.1, 0.15) is 29.1 Å². The average Bonchev–Trinajstić information content (AvgIpc) is 1.69. The highest BCUT2D eigenvalue weighted by molar-refractivity contribution is 6.62. The molecule has 1 fully saturated rings. The van der Waals surface area contributed by atoms with Crippen LogP contribution in [0.25, 0.3) is 130 Å². The van der Waals surface area contributed by atoms with Gasteiger partial charge in [-0.3, -0.25) is 28.7 Å². The number of imidazole rings is 3. The monoisotopic (exact) mass is 1290 g/mol. The van der Waals surface area contributed by atoms with Crippen molar-refractivity contribution in [1.82, 2.24) is 73.5 Å². The van der Waals surface area contributed by atoms with Crippen LogP contribution in [0.15, 0.2) is 280 Å². The Morgan fingerprint density at radius 2 is 0.556 bits per heavy atom. The predicted octanol–water partition coefficient (Wildman–Crippen LogP) is 16.9. The second-order valence-electron chi connectivity index (χ2n) is 24.6. The molecule has 8 aromatic carbocycles. The van der Waals surface area contributed by atoms with E-state index in [0.29, 0.717) is 17.5 Å². The molecule has 17 rings (SSSR count). The lowest BCUT2D eigenvalue weighted by atomic mass is 9.79. The summed E-state index contributed by atoms with van der Waals surface area (Å²) in [5.74, 6) is 6.60. The first-order chi connectivity index (χ1) is 47.9. The van der Waals surface area contributed by atoms with Gasteiger partial charge in [0.05, 0.1) is 61.4 Å². The van der Waals surface area contributed by atoms with Gasteiger partial charge in [-0.1, -0.05) is 177 Å². The van der Waals surface area contributed by atoms with Crippen molar-refractivity contribution in [2.75, 3.05) is 0 Å². The molecular formula is C81H68BN15O2. The maximum absolute atomic E-state index is 6.19. The molecule has 8 aromatic heterocycles. The molecule has 99 heavy (non-hydrogen) atoms. The van der Waals surface area contributed by atoms with Crippen LogP contribution in [0.1, 0.15) is 46.8 Å². The van der Waals surface area contributed by atoms with Crippen LogP contribution in [0.3, 0.4) is 0 Å². The Morgan fingerprint density at radius 3 is 0.889 bits per heavy atom. The zero-order chi connectivity index (χ0) is 66.7. The van der Waals surface area contributed by atoms with Crippen LogP contribution in [0.4, 0.5) is 0 Å². The Hall–Kier alpha value is -12.4. The zero-order valence-corrected chi connectivity index (χ0v) is 54.7. The molecule has 18 heteroatoms. The highest BCUT2D eigenvalue weighted by Crippen LogP contribution is 2.38. The van der Waals surface area contributed by atoms with Crippen LogP contribution in [-0.4, -0.2) is 91.8 Å². The molecule has 482 valence electrons. The van der Waals surface area contributed by atoms with Crippen molar-refractivity contribution in [3.63, 3.8) is 0 Å². The molecular weight excluding hydrogens is 1230 g/mol. The molecule has 0 radical (unpaired) electrons. The molecule has 1 aliphatic heterocycles. The smallest absolute Gasteiger partial charge is 0.399 e. The number of aromatic nitrogens is 15. The van der Waals surface area contributed by atoms with Gasteiger partial charge in [0.2, 0.25) is 0 Å². The van der Waals surface area contributed by atoms with Gasteiger partial charge in [-0.2, -0.15) is 0 Å². The van der Waals surface area contributed by atoms with Crippen molar-refractivity contribution >= 4 is 45.7 Å². The molecule has 0 bridgehead atoms. The fraction of sp³-hybridized carbons (Fsp3) is 0.111. The molecule has 0 unspecified atom stereocenters. The fourth-order valence-electron chi connectivity index (χ4n) is 11.9. The average molecular weight is 1290 g/mol. The second-order valence-corrected chi connectivity index (χ2v) is 24.6. The van der Waals surface area contributed by atoms with Crippen molar-refractivity contribution in [2.24, 2.45) is 0 Å². The highest BCUT2D eigenvalue weighted by atomic mass is 16.7. The van der Waals surface area contributed by atoms with Crippen LogP contribution in [0.2, 0.25) is 0 Å². The first kappa shape index (κ1) is 64.0. The molecule has 9 heterocycles. The third kappa shape index (κ3) is 13.1. The normalized spacial score (nSPS) is 12.9. The fourth-order valence-corrected chi connectivity index (χ4v) is 11.9. The van der Waals surface area contributed by atoms with E-state index in [2.05, 4.69) is 138 Å². The summed E-state index contributed by atoms with van der Waals surface area (Å²) in [7, 11) is -0.372. The largest absolute Gasteiger partial charge is 0.494 e. The SMILES string of the molecule is C.CC1(C)OB(c2ccc(-c3nc4ccccc4n3-c3ccncc3)cc2)OC1(C)C.Cc1nc(C)nc(-c2ccccc2)n1.c1ccc(-c2nc(-c3ccc(-c4nc5ccccc5n4-c4ccncc4)cc3)nc(-c3ccc(-c4nc5ccccc5n4-c4ccncc4)cc3)n2)cc1. The summed E-state index contributed by atoms with van der Waals surface area (Å²) in [6.45, 7) is 12.0. The van der Waals surface area contributed by atoms with Gasteiger partial charge in [0, 0.05) is 76.1 Å². The first-order valence-corrected chi connectivity index (χ1v) is 32.3. The van der Waals surface area contributed by atoms with Crippen molar-refractivity contribution in [2.45, 2.75) is 60.2 Å². The number of rotatable bonds is 11. The van der Waals surface area contributed by atoms with Crippen LogP contribution in [0.5, 0.6) is 0 Å². The van der Waals surface area contributed by atoms with Crippen LogP contribution < -0.4 is 5.46 Å². The maximum Gasteiger partial charge on any atom is 0.494 e. The zero-order valence-electron chi connectivity index (χ0n) is 54.7. The molecule has 1 saturated heterocycles. The highest BCUT2D eigenvalue weighted by Gasteiger charge is 2.51. The lowest BCUT2D eigenvalue weighted by Gasteiger charge is -2.32. The van der Waals surface area contributed by atoms with E-state index in [9.17, 15) is 0 Å². The van der Waals surface area contributed by atoms with Crippen molar-refractivity contribution in [3.8, 4) is 96.8 Å². The van der Waals surface area contributed by atoms with E-state index in [1.807, 2.05) is 190 Å². The lowest BCUT2D eigenvalue weighted by molar-refractivity contribution is 0.00578. The third-order valence-electron chi connectivity index (χ3n) is 17.5. The number of hydrogen-bond donors (Lipinski definition) is 0. The van der Waals surface area contributed by atoms with Crippen LogP contribution in [0, 0.1) is 13.8 Å². The minimum atomic E-state index is -0.372. The standard InChI is InChI=1S/C45H29N9.C24H24BN3O2.C11H11N3.CH4/c1-2-8-30(9-3-1)41-50-42(31-14-18-33(19-15-31)44-48-37-10-4-6-12-39(37)53(44)35-22-26-46-27-23-35)52-43(51-41)32-16-20-34(21-17-32)45-49-38-11-5-7-13-40(38)54(45)36-24-28-47-29-25-36;1-23(2)24(3,4)30-25(29-23)18-11-9-17(10-12-18)22-27-20-7-5-6-8-21(20)28(22)19-13-15-26-16-14-19;1-8-12-9(2)14-11(13-8)10-6-4-3-5-7-10;/h1-29H;5-16H,1-4H3;3-7H,1-2H3;1H4. The molecule has 0 N–H and O–H groups in total.